The molecule has 0 amide bonds. The van der Waals surface area contributed by atoms with Gasteiger partial charge in [-0.15, -0.1) is 24.7 Å². The van der Waals surface area contributed by atoms with E-state index in [9.17, 15) is 4.39 Å². The summed E-state index contributed by atoms with van der Waals surface area (Å²) in [6.07, 6.45) is 22.8. The van der Waals surface area contributed by atoms with Gasteiger partial charge in [0.2, 0.25) is 0 Å². The second-order valence-corrected chi connectivity index (χ2v) is 5.82. The SMILES string of the molecule is C.C.C#CCC.C#CCC.C/C=C/CC.CC/C=C/[18F].CC/C=C/[I+]C.[18F-]. The molecule has 0 fully saturated rings. The lowest BCUT2D eigenvalue weighted by molar-refractivity contribution is -0.556. The standard InChI is InChI=1S/C5H10I.C5H10.C4H7F.2C4H6.2CH4.FH/c1-3-4-5-6-2;1-3-5-4-2;1-2-3-4-5;2*1-3-4-2;;;/h4-5H,3H2,1-2H3;3,5H,4H2,1-2H3;3-4H,2H2,1H3;2*1H,4H2,2H3;2*1H4;1H/q+1;;;;;;;/p-1/b5-4+;5-3+;4-3+;;;;;/i;;5-1;;;;;1-1. The summed E-state index contributed by atoms with van der Waals surface area (Å²) in [7, 11) is 0. The molecule has 0 aromatic heterocycles. The van der Waals surface area contributed by atoms with Gasteiger partial charge in [-0.05, 0) is 32.3 Å². The molecule has 0 rings (SSSR count). The third-order valence-corrected chi connectivity index (χ3v) is 2.88. The van der Waals surface area contributed by atoms with Crippen LogP contribution in [0.2, 0.25) is 0 Å². The summed E-state index contributed by atoms with van der Waals surface area (Å²) in [5.74, 6) is 4.86. The van der Waals surface area contributed by atoms with E-state index in [4.69, 9.17) is 12.8 Å². The topological polar surface area (TPSA) is 0 Å². The average molecular weight is 499 g/mol. The van der Waals surface area contributed by atoms with Crippen LogP contribution in [0.25, 0.3) is 0 Å². The summed E-state index contributed by atoms with van der Waals surface area (Å²) in [5.41, 5.74) is 0. The van der Waals surface area contributed by atoms with Crippen molar-refractivity contribution in [2.24, 2.45) is 0 Å². The van der Waals surface area contributed by atoms with E-state index in [1.54, 1.807) is 0 Å². The molecule has 0 atom stereocenters. The van der Waals surface area contributed by atoms with Gasteiger partial charge in [-0.25, -0.2) is 4.39 Å². The molecule has 0 saturated carbocycles. The molecule has 0 aromatic carbocycles. The highest BCUT2D eigenvalue weighted by atomic mass is 127. The molecule has 0 aliphatic carbocycles. The first-order valence-electron chi connectivity index (χ1n) is 8.44. The van der Waals surface area contributed by atoms with Crippen LogP contribution in [0.15, 0.2) is 34.7 Å². The second kappa shape index (κ2) is 85.4. The Kier molecular flexibility index (Phi) is 159. The van der Waals surface area contributed by atoms with Crippen LogP contribution in [0.3, 0.4) is 0 Å². The van der Waals surface area contributed by atoms with E-state index in [0.717, 1.165) is 25.7 Å². The van der Waals surface area contributed by atoms with Gasteiger partial charge in [0.1, 0.15) is 9.01 Å². The Hall–Kier alpha value is -1.07. The van der Waals surface area contributed by atoms with Crippen molar-refractivity contribution < 1.29 is 30.3 Å². The molecule has 0 nitrogen and oxygen atoms in total. The fraction of sp³-hybridized carbons (Fsp3) is 0.583. The molecule has 0 aliphatic heterocycles. The zero-order valence-electron chi connectivity index (χ0n) is 17.3. The van der Waals surface area contributed by atoms with E-state index >= 15 is 0 Å². The Morgan fingerprint density at radius 2 is 1.15 bits per heavy atom. The third-order valence-electron chi connectivity index (χ3n) is 1.66. The highest BCUT2D eigenvalue weighted by Gasteiger charge is 1.78. The molecule has 0 aliphatic rings. The van der Waals surface area contributed by atoms with E-state index in [1.165, 1.54) is 12.5 Å². The number of hydrogen-bond acceptors (Lipinski definition) is 0. The highest BCUT2D eigenvalue weighted by Crippen LogP contribution is 1.76. The van der Waals surface area contributed by atoms with Gasteiger partial charge in [-0.1, -0.05) is 67.7 Å². The zero-order valence-corrected chi connectivity index (χ0v) is 19.4. The van der Waals surface area contributed by atoms with Gasteiger partial charge in [0, 0.05) is 12.8 Å². The van der Waals surface area contributed by atoms with Crippen LogP contribution in [-0.2, 0) is 0 Å². The van der Waals surface area contributed by atoms with E-state index in [-0.39, 0.29) is 19.6 Å². The van der Waals surface area contributed by atoms with Gasteiger partial charge in [-0.3, -0.25) is 0 Å². The number of hydrogen-bond donors (Lipinski definition) is 0. The number of rotatable bonds is 4. The van der Waals surface area contributed by atoms with Crippen molar-refractivity contribution in [2.45, 2.75) is 88.5 Å². The summed E-state index contributed by atoms with van der Waals surface area (Å²) < 4.78 is 13.1. The molecule has 0 N–H and O–H groups in total. The van der Waals surface area contributed by atoms with Gasteiger partial charge in [0.15, 0.2) is 0 Å². The van der Waals surface area contributed by atoms with Crippen LogP contribution in [0, 0.1) is 24.7 Å². The van der Waals surface area contributed by atoms with Gasteiger partial charge >= 0.3 is 21.2 Å². The van der Waals surface area contributed by atoms with Crippen molar-refractivity contribution >= 4 is 0 Å². The summed E-state index contributed by atoms with van der Waals surface area (Å²) in [6, 6.07) is 0. The average Bonchev–Trinajstić information content (AvgIpc) is 2.62. The minimum absolute atomic E-state index is 0. The van der Waals surface area contributed by atoms with Crippen LogP contribution in [0.1, 0.15) is 88.5 Å². The van der Waals surface area contributed by atoms with Crippen molar-refractivity contribution in [1.29, 1.82) is 0 Å². The quantitative estimate of drug-likeness (QED) is 0.242. The Morgan fingerprint density at radius 3 is 1.19 bits per heavy atom. The first-order valence-corrected chi connectivity index (χ1v) is 11.8. The Balaban J connectivity index is -0.0000000273. The first-order chi connectivity index (χ1) is 11.6. The highest BCUT2D eigenvalue weighted by molar-refractivity contribution is 4.80. The maximum Gasteiger partial charge on any atom is 0.300 e. The maximum atomic E-state index is 10.8. The molecule has 27 heavy (non-hydrogen) atoms. The predicted molar refractivity (Wildman–Crippen MR) is 123 cm³/mol. The van der Waals surface area contributed by atoms with Gasteiger partial charge in [-0.2, -0.15) is 0 Å². The summed E-state index contributed by atoms with van der Waals surface area (Å²) in [6.45, 7) is 12.1. The molecule has 0 spiro atoms. The molecule has 0 saturated heterocycles. The first kappa shape index (κ1) is 50.1. The fourth-order valence-electron chi connectivity index (χ4n) is 0.503. The van der Waals surface area contributed by atoms with Gasteiger partial charge in [0.25, 0.3) is 0 Å². The molecular weight excluding hydrogens is 451 g/mol. The van der Waals surface area contributed by atoms with E-state index in [1.807, 2.05) is 27.7 Å². The second-order valence-electron chi connectivity index (χ2n) is 3.85. The summed E-state index contributed by atoms with van der Waals surface area (Å²) >= 11 is 0.420. The number of terminal acetylenes is 2. The number of alkyl halides is 1. The normalized spacial score (nSPS) is 7.48. The Labute approximate surface area is 182 Å². The van der Waals surface area contributed by atoms with Crippen molar-refractivity contribution in [2.75, 3.05) is 4.93 Å². The van der Waals surface area contributed by atoms with Crippen molar-refractivity contribution in [3.63, 3.8) is 0 Å². The van der Waals surface area contributed by atoms with E-state index in [0.29, 0.717) is 27.5 Å². The predicted octanol–water partition coefficient (Wildman–Crippen LogP) is 2.82. The molecule has 3 heteroatoms. The lowest BCUT2D eigenvalue weighted by Crippen LogP contribution is -3.57. The zero-order chi connectivity index (χ0) is 19.9. The van der Waals surface area contributed by atoms with E-state index in [2.05, 4.69) is 52.9 Å². The largest absolute Gasteiger partial charge is 1.00 e. The molecule has 164 valence electrons. The molecule has 0 heterocycles. The fourth-order valence-corrected chi connectivity index (χ4v) is 1.52. The number of halogens is 3. The lowest BCUT2D eigenvalue weighted by Gasteiger charge is -1.65. The Morgan fingerprint density at radius 1 is 0.815 bits per heavy atom. The van der Waals surface area contributed by atoms with Crippen molar-refractivity contribution in [3.05, 3.63) is 34.7 Å². The van der Waals surface area contributed by atoms with Crippen molar-refractivity contribution in [1.82, 2.24) is 0 Å². The van der Waals surface area contributed by atoms with Crippen LogP contribution in [0.4, 0.5) is 4.39 Å². The third kappa shape index (κ3) is 208. The van der Waals surface area contributed by atoms with Gasteiger partial charge in [0.05, 0.1) is 6.33 Å². The van der Waals surface area contributed by atoms with Gasteiger partial charge < -0.3 is 4.70 Å². The maximum absolute atomic E-state index is 10.8. The molecule has 0 radical (unpaired) electrons. The minimum atomic E-state index is 0. The van der Waals surface area contributed by atoms with Crippen LogP contribution in [-0.4, -0.2) is 4.93 Å². The van der Waals surface area contributed by atoms with Crippen LogP contribution >= 0.6 is 0 Å². The summed E-state index contributed by atoms with van der Waals surface area (Å²) in [5, 5.41) is 0. The molecule has 0 bridgehead atoms. The minimum Gasteiger partial charge on any atom is -1.00 e. The lowest BCUT2D eigenvalue weighted by atomic mass is 10.4. The summed E-state index contributed by atoms with van der Waals surface area (Å²) in [4.78, 5) is 2.26. The number of allylic oxidation sites excluding steroid dienone is 4. The molecular formula is C24H47F2I. The monoisotopic (exact) mass is 498 g/mol. The molecule has 0 aromatic rings. The molecule has 0 unspecified atom stereocenters. The van der Waals surface area contributed by atoms with Crippen molar-refractivity contribution in [3.8, 4) is 24.7 Å². The van der Waals surface area contributed by atoms with Crippen LogP contribution in [0.5, 0.6) is 0 Å². The smallest absolute Gasteiger partial charge is 0.300 e. The van der Waals surface area contributed by atoms with E-state index < -0.39 is 0 Å². The van der Waals surface area contributed by atoms with Crippen LogP contribution < -0.4 is 25.9 Å². The Bertz CT molecular complexity index is 286.